The number of allylic oxidation sites excluding steroid dienone is 2. The van der Waals surface area contributed by atoms with Crippen LogP contribution in [0.1, 0.15) is 41.0 Å². The Morgan fingerprint density at radius 2 is 1.63 bits per heavy atom. The average Bonchev–Trinajstić information content (AvgIpc) is 3.05. The zero-order valence-electron chi connectivity index (χ0n) is 15.6. The number of nitriles is 1. The fraction of sp³-hybridized carbons (Fsp3) is 0.250. The van der Waals surface area contributed by atoms with Crippen molar-refractivity contribution < 1.29 is 4.74 Å². The normalized spacial score (nSPS) is 23.1. The zero-order valence-corrected chi connectivity index (χ0v) is 15.6. The van der Waals surface area contributed by atoms with Crippen LogP contribution in [0.5, 0.6) is 0 Å². The first kappa shape index (κ1) is 17.3. The number of nitrogens with zero attached hydrogens (tertiary/aromatic N) is 1. The maximum Gasteiger partial charge on any atom is 0.205 e. The Morgan fingerprint density at radius 1 is 1.00 bits per heavy atom. The molecular formula is C24H22N2O. The van der Waals surface area contributed by atoms with E-state index in [0.717, 1.165) is 40.9 Å². The molecule has 2 aliphatic rings. The van der Waals surface area contributed by atoms with Gasteiger partial charge in [0.1, 0.15) is 11.7 Å². The molecule has 2 aromatic carbocycles. The zero-order chi connectivity index (χ0) is 19.0. The molecule has 27 heavy (non-hydrogen) atoms. The molecule has 2 atom stereocenters. The van der Waals surface area contributed by atoms with Crippen LogP contribution in [-0.4, -0.2) is 5.90 Å². The SMILES string of the molecule is Cc1ccc(/C=C2\CCC3=C2OC(=N)C(C#N)C3c2ccc(C)cc2)cc1. The predicted octanol–water partition coefficient (Wildman–Crippen LogP) is 5.67. The van der Waals surface area contributed by atoms with Crippen molar-refractivity contribution >= 4 is 12.0 Å². The van der Waals surface area contributed by atoms with E-state index in [1.807, 2.05) is 0 Å². The number of aryl methyl sites for hydroxylation is 2. The molecule has 4 rings (SSSR count). The molecule has 3 heteroatoms. The van der Waals surface area contributed by atoms with E-state index in [-0.39, 0.29) is 11.8 Å². The lowest BCUT2D eigenvalue weighted by molar-refractivity contribution is 0.359. The second-order valence-corrected chi connectivity index (χ2v) is 7.40. The molecule has 0 saturated heterocycles. The van der Waals surface area contributed by atoms with Gasteiger partial charge in [-0.1, -0.05) is 59.7 Å². The molecule has 1 aliphatic carbocycles. The van der Waals surface area contributed by atoms with Crippen molar-refractivity contribution in [1.29, 1.82) is 10.7 Å². The lowest BCUT2D eigenvalue weighted by atomic mass is 9.78. The molecule has 0 aromatic heterocycles. The monoisotopic (exact) mass is 354 g/mol. The minimum Gasteiger partial charge on any atom is -0.442 e. The molecule has 0 radical (unpaired) electrons. The Morgan fingerprint density at radius 3 is 2.26 bits per heavy atom. The third-order valence-electron chi connectivity index (χ3n) is 5.44. The van der Waals surface area contributed by atoms with Crippen LogP contribution in [-0.2, 0) is 4.74 Å². The first-order valence-corrected chi connectivity index (χ1v) is 9.30. The van der Waals surface area contributed by atoms with Gasteiger partial charge in [0.25, 0.3) is 0 Å². The van der Waals surface area contributed by atoms with E-state index in [1.54, 1.807) is 0 Å². The second kappa shape index (κ2) is 6.89. The Kier molecular flexibility index (Phi) is 4.41. The van der Waals surface area contributed by atoms with Crippen molar-refractivity contribution in [3.8, 4) is 6.07 Å². The summed E-state index contributed by atoms with van der Waals surface area (Å²) in [6.07, 6.45) is 3.90. The quantitative estimate of drug-likeness (QED) is 0.756. The first-order chi connectivity index (χ1) is 13.1. The van der Waals surface area contributed by atoms with Crippen LogP contribution in [0.4, 0.5) is 0 Å². The first-order valence-electron chi connectivity index (χ1n) is 9.30. The molecular weight excluding hydrogens is 332 g/mol. The third-order valence-corrected chi connectivity index (χ3v) is 5.44. The summed E-state index contributed by atoms with van der Waals surface area (Å²) in [6.45, 7) is 4.13. The van der Waals surface area contributed by atoms with Gasteiger partial charge in [-0.25, -0.2) is 0 Å². The molecule has 2 unspecified atom stereocenters. The van der Waals surface area contributed by atoms with Gasteiger partial charge in [-0.15, -0.1) is 0 Å². The van der Waals surface area contributed by atoms with Gasteiger partial charge in [-0.2, -0.15) is 5.26 Å². The number of hydrogen-bond acceptors (Lipinski definition) is 3. The number of ether oxygens (including phenoxy) is 1. The Hall–Kier alpha value is -3.12. The molecule has 1 heterocycles. The van der Waals surface area contributed by atoms with E-state index in [1.165, 1.54) is 11.1 Å². The van der Waals surface area contributed by atoms with Gasteiger partial charge in [0, 0.05) is 5.92 Å². The van der Waals surface area contributed by atoms with Gasteiger partial charge in [-0.05, 0) is 55.0 Å². The van der Waals surface area contributed by atoms with Crippen molar-refractivity contribution in [2.24, 2.45) is 5.92 Å². The lowest BCUT2D eigenvalue weighted by Crippen LogP contribution is -2.28. The van der Waals surface area contributed by atoms with Gasteiger partial charge in [-0.3, -0.25) is 5.41 Å². The van der Waals surface area contributed by atoms with Gasteiger partial charge < -0.3 is 4.74 Å². The summed E-state index contributed by atoms with van der Waals surface area (Å²) in [6, 6.07) is 19.0. The van der Waals surface area contributed by atoms with Gasteiger partial charge >= 0.3 is 0 Å². The van der Waals surface area contributed by atoms with Gasteiger partial charge in [0.05, 0.1) is 6.07 Å². The van der Waals surface area contributed by atoms with E-state index in [9.17, 15) is 5.26 Å². The van der Waals surface area contributed by atoms with E-state index < -0.39 is 5.92 Å². The van der Waals surface area contributed by atoms with Crippen molar-refractivity contribution in [1.82, 2.24) is 0 Å². The molecule has 0 bridgehead atoms. The third kappa shape index (κ3) is 3.19. The highest BCUT2D eigenvalue weighted by Crippen LogP contribution is 2.48. The number of hydrogen-bond donors (Lipinski definition) is 1. The molecule has 134 valence electrons. The van der Waals surface area contributed by atoms with E-state index in [0.29, 0.717) is 0 Å². The molecule has 0 spiro atoms. The summed E-state index contributed by atoms with van der Waals surface area (Å²) in [7, 11) is 0. The molecule has 0 saturated carbocycles. The molecule has 0 amide bonds. The van der Waals surface area contributed by atoms with E-state index in [2.05, 4.69) is 74.5 Å². The highest BCUT2D eigenvalue weighted by molar-refractivity contribution is 5.84. The van der Waals surface area contributed by atoms with Crippen LogP contribution in [0.2, 0.25) is 0 Å². The van der Waals surface area contributed by atoms with Crippen molar-refractivity contribution in [2.45, 2.75) is 32.6 Å². The van der Waals surface area contributed by atoms with Crippen molar-refractivity contribution in [2.75, 3.05) is 0 Å². The fourth-order valence-corrected chi connectivity index (χ4v) is 3.96. The smallest absolute Gasteiger partial charge is 0.205 e. The minimum atomic E-state index is -0.565. The van der Waals surface area contributed by atoms with Gasteiger partial charge in [0.2, 0.25) is 5.90 Å². The van der Waals surface area contributed by atoms with Crippen LogP contribution in [0.25, 0.3) is 6.08 Å². The van der Waals surface area contributed by atoms with E-state index >= 15 is 0 Å². The van der Waals surface area contributed by atoms with Crippen LogP contribution in [0.15, 0.2) is 65.4 Å². The fourth-order valence-electron chi connectivity index (χ4n) is 3.96. The minimum absolute atomic E-state index is 0.0542. The van der Waals surface area contributed by atoms with Gasteiger partial charge in [0.15, 0.2) is 0 Å². The predicted molar refractivity (Wildman–Crippen MR) is 107 cm³/mol. The average molecular weight is 354 g/mol. The summed E-state index contributed by atoms with van der Waals surface area (Å²) in [4.78, 5) is 0. The lowest BCUT2D eigenvalue weighted by Gasteiger charge is -2.30. The molecule has 1 N–H and O–H groups in total. The Labute approximate surface area is 160 Å². The van der Waals surface area contributed by atoms with Crippen molar-refractivity contribution in [3.05, 3.63) is 87.7 Å². The van der Waals surface area contributed by atoms with Crippen molar-refractivity contribution in [3.63, 3.8) is 0 Å². The molecule has 3 nitrogen and oxygen atoms in total. The van der Waals surface area contributed by atoms with Crippen LogP contribution in [0, 0.1) is 36.5 Å². The number of nitrogens with one attached hydrogen (secondary N) is 1. The molecule has 0 fully saturated rings. The Balaban J connectivity index is 1.78. The maximum absolute atomic E-state index is 9.69. The van der Waals surface area contributed by atoms with E-state index in [4.69, 9.17) is 10.1 Å². The summed E-state index contributed by atoms with van der Waals surface area (Å²) in [5.74, 6) is 0.192. The summed E-state index contributed by atoms with van der Waals surface area (Å²) in [5.41, 5.74) is 6.91. The van der Waals surface area contributed by atoms with Crippen LogP contribution in [0.3, 0.4) is 0 Å². The summed E-state index contributed by atoms with van der Waals surface area (Å²) in [5, 5.41) is 18.0. The number of rotatable bonds is 2. The Bertz CT molecular complexity index is 988. The highest BCUT2D eigenvalue weighted by atomic mass is 16.5. The largest absolute Gasteiger partial charge is 0.442 e. The highest BCUT2D eigenvalue weighted by Gasteiger charge is 2.41. The standard InChI is InChI=1S/C24H22N2O/c1-15-3-7-17(8-4-15)13-19-11-12-20-22(18-9-5-16(2)6-10-18)21(14-25)24(26)27-23(19)20/h3-10,13,21-22,26H,11-12H2,1-2H3/b19-13+,26-24?. The topological polar surface area (TPSA) is 56.9 Å². The second-order valence-electron chi connectivity index (χ2n) is 7.40. The van der Waals surface area contributed by atoms with Crippen LogP contribution >= 0.6 is 0 Å². The summed E-state index contributed by atoms with van der Waals surface area (Å²) >= 11 is 0. The maximum atomic E-state index is 9.69. The summed E-state index contributed by atoms with van der Waals surface area (Å²) < 4.78 is 5.87. The molecule has 2 aromatic rings. The molecule has 1 aliphatic heterocycles. The van der Waals surface area contributed by atoms with Crippen LogP contribution < -0.4 is 0 Å². The number of benzene rings is 2.